The number of hydrogen-bond donors (Lipinski definition) is 1. The molecule has 0 atom stereocenters. The molecule has 1 aliphatic carbocycles. The maximum atomic E-state index is 11.2. The second-order valence-electron chi connectivity index (χ2n) is 4.38. The van der Waals surface area contributed by atoms with Crippen LogP contribution in [0.3, 0.4) is 0 Å². The number of rotatable bonds is 3. The number of nitrogens with zero attached hydrogens (tertiary/aromatic N) is 2. The van der Waals surface area contributed by atoms with Gasteiger partial charge >= 0.3 is 5.97 Å². The molecule has 1 saturated heterocycles. The summed E-state index contributed by atoms with van der Waals surface area (Å²) in [7, 11) is 0. The smallest absolute Gasteiger partial charge is 0.357 e. The van der Waals surface area contributed by atoms with Crippen LogP contribution in [0.2, 0.25) is 0 Å². The van der Waals surface area contributed by atoms with E-state index in [0.29, 0.717) is 19.1 Å². The van der Waals surface area contributed by atoms with Crippen molar-refractivity contribution in [1.82, 2.24) is 4.98 Å². The van der Waals surface area contributed by atoms with Crippen molar-refractivity contribution in [2.24, 2.45) is 0 Å². The van der Waals surface area contributed by atoms with Crippen LogP contribution in [0, 0.1) is 0 Å². The van der Waals surface area contributed by atoms with Gasteiger partial charge in [0, 0.05) is 19.0 Å². The highest BCUT2D eigenvalue weighted by molar-refractivity contribution is 7.16. The number of aromatic nitrogens is 1. The molecule has 1 aromatic heterocycles. The standard InChI is InChI=1S/C11H14N2O3S/c14-11(15)8-10(13-3-5-16-6-4-13)17-9(12-8)7-1-2-7/h7H,1-6H2,(H,14,15). The molecule has 1 N–H and O–H groups in total. The molecule has 0 amide bonds. The first kappa shape index (κ1) is 11.0. The lowest BCUT2D eigenvalue weighted by Crippen LogP contribution is -2.36. The number of hydrogen-bond acceptors (Lipinski definition) is 5. The molecule has 5 nitrogen and oxygen atoms in total. The number of carbonyl (C=O) groups is 1. The van der Waals surface area contributed by atoms with Crippen LogP contribution < -0.4 is 4.90 Å². The van der Waals surface area contributed by atoms with Crippen molar-refractivity contribution in [3.8, 4) is 0 Å². The Balaban J connectivity index is 1.91. The first-order chi connectivity index (χ1) is 8.25. The van der Waals surface area contributed by atoms with Gasteiger partial charge in [0.2, 0.25) is 0 Å². The largest absolute Gasteiger partial charge is 0.476 e. The average molecular weight is 254 g/mol. The van der Waals surface area contributed by atoms with Gasteiger partial charge in [0.05, 0.1) is 18.2 Å². The summed E-state index contributed by atoms with van der Waals surface area (Å²) in [5.74, 6) is -0.414. The minimum Gasteiger partial charge on any atom is -0.476 e. The van der Waals surface area contributed by atoms with Crippen LogP contribution in [0.1, 0.15) is 34.3 Å². The van der Waals surface area contributed by atoms with E-state index in [1.54, 1.807) is 11.3 Å². The van der Waals surface area contributed by atoms with Crippen LogP contribution in [0.15, 0.2) is 0 Å². The highest BCUT2D eigenvalue weighted by Gasteiger charge is 2.31. The van der Waals surface area contributed by atoms with Crippen LogP contribution in [-0.2, 0) is 4.74 Å². The van der Waals surface area contributed by atoms with Gasteiger partial charge in [0.25, 0.3) is 0 Å². The number of thiazole rings is 1. The summed E-state index contributed by atoms with van der Waals surface area (Å²) in [4.78, 5) is 17.6. The molecule has 2 aliphatic rings. The van der Waals surface area contributed by atoms with Crippen molar-refractivity contribution in [2.45, 2.75) is 18.8 Å². The van der Waals surface area contributed by atoms with E-state index < -0.39 is 5.97 Å². The number of anilines is 1. The van der Waals surface area contributed by atoms with Crippen LogP contribution in [0.25, 0.3) is 0 Å². The predicted octanol–water partition coefficient (Wildman–Crippen LogP) is 1.56. The highest BCUT2D eigenvalue weighted by Crippen LogP contribution is 2.44. The molecule has 2 heterocycles. The first-order valence-electron chi connectivity index (χ1n) is 5.82. The zero-order valence-electron chi connectivity index (χ0n) is 9.39. The van der Waals surface area contributed by atoms with Crippen LogP contribution in [0.5, 0.6) is 0 Å². The van der Waals surface area contributed by atoms with Gasteiger partial charge in [-0.05, 0) is 12.8 Å². The van der Waals surface area contributed by atoms with Crippen LogP contribution in [-0.4, -0.2) is 42.4 Å². The van der Waals surface area contributed by atoms with Gasteiger partial charge in [-0.15, -0.1) is 11.3 Å². The molecule has 3 rings (SSSR count). The SMILES string of the molecule is O=C(O)c1nc(C2CC2)sc1N1CCOCC1. The molecule has 0 radical (unpaired) electrons. The minimum atomic E-state index is -0.922. The molecule has 0 aromatic carbocycles. The van der Waals surface area contributed by atoms with Crippen molar-refractivity contribution in [3.05, 3.63) is 10.7 Å². The van der Waals surface area contributed by atoms with Gasteiger partial charge in [-0.1, -0.05) is 0 Å². The van der Waals surface area contributed by atoms with Crippen molar-refractivity contribution >= 4 is 22.3 Å². The van der Waals surface area contributed by atoms with Crippen molar-refractivity contribution in [3.63, 3.8) is 0 Å². The van der Waals surface area contributed by atoms with E-state index >= 15 is 0 Å². The zero-order chi connectivity index (χ0) is 11.8. The third kappa shape index (κ3) is 2.14. The Morgan fingerprint density at radius 3 is 2.71 bits per heavy atom. The fourth-order valence-corrected chi connectivity index (χ4v) is 3.23. The number of carboxylic acid groups (broad SMARTS) is 1. The van der Waals surface area contributed by atoms with Gasteiger partial charge in [0.1, 0.15) is 5.00 Å². The lowest BCUT2D eigenvalue weighted by atomic mass is 10.3. The molecular weight excluding hydrogens is 240 g/mol. The van der Waals surface area contributed by atoms with Crippen LogP contribution in [0.4, 0.5) is 5.00 Å². The second-order valence-corrected chi connectivity index (χ2v) is 5.39. The van der Waals surface area contributed by atoms with E-state index in [-0.39, 0.29) is 5.69 Å². The Morgan fingerprint density at radius 2 is 2.12 bits per heavy atom. The summed E-state index contributed by atoms with van der Waals surface area (Å²) in [6.45, 7) is 2.84. The van der Waals surface area contributed by atoms with Gasteiger partial charge < -0.3 is 14.7 Å². The monoisotopic (exact) mass is 254 g/mol. The van der Waals surface area contributed by atoms with Gasteiger partial charge in [-0.3, -0.25) is 0 Å². The Labute approximate surface area is 103 Å². The fourth-order valence-electron chi connectivity index (χ4n) is 1.95. The summed E-state index contributed by atoms with van der Waals surface area (Å²) in [5.41, 5.74) is 0.221. The molecule has 1 aromatic rings. The summed E-state index contributed by atoms with van der Waals surface area (Å²) >= 11 is 1.54. The van der Waals surface area contributed by atoms with E-state index in [9.17, 15) is 9.90 Å². The highest BCUT2D eigenvalue weighted by atomic mass is 32.1. The minimum absolute atomic E-state index is 0.221. The normalized spacial score (nSPS) is 20.6. The third-order valence-corrected chi connectivity index (χ3v) is 4.33. The summed E-state index contributed by atoms with van der Waals surface area (Å²) in [5, 5.41) is 11.0. The lowest BCUT2D eigenvalue weighted by Gasteiger charge is -2.27. The molecule has 6 heteroatoms. The molecule has 17 heavy (non-hydrogen) atoms. The Hall–Kier alpha value is -1.14. The topological polar surface area (TPSA) is 62.7 Å². The number of carboxylic acids is 1. The van der Waals surface area contributed by atoms with Gasteiger partial charge in [0.15, 0.2) is 5.69 Å². The molecule has 92 valence electrons. The molecule has 0 bridgehead atoms. The molecule has 0 unspecified atom stereocenters. The predicted molar refractivity (Wildman–Crippen MR) is 64.1 cm³/mol. The van der Waals surface area contributed by atoms with Gasteiger partial charge in [-0.2, -0.15) is 0 Å². The number of ether oxygens (including phenoxy) is 1. The Morgan fingerprint density at radius 1 is 1.41 bits per heavy atom. The number of aromatic carboxylic acids is 1. The quantitative estimate of drug-likeness (QED) is 0.886. The van der Waals surface area contributed by atoms with E-state index in [4.69, 9.17) is 4.74 Å². The van der Waals surface area contributed by atoms with Crippen LogP contribution >= 0.6 is 11.3 Å². The summed E-state index contributed by atoms with van der Waals surface area (Å²) in [6, 6.07) is 0. The first-order valence-corrected chi connectivity index (χ1v) is 6.64. The Bertz CT molecular complexity index is 436. The maximum absolute atomic E-state index is 11.2. The van der Waals surface area contributed by atoms with E-state index in [2.05, 4.69) is 9.88 Å². The van der Waals surface area contributed by atoms with E-state index in [1.807, 2.05) is 0 Å². The van der Waals surface area contributed by atoms with E-state index in [0.717, 1.165) is 35.9 Å². The molecule has 0 spiro atoms. The molecule has 1 saturated carbocycles. The fraction of sp³-hybridized carbons (Fsp3) is 0.636. The number of morpholine rings is 1. The van der Waals surface area contributed by atoms with Crippen molar-refractivity contribution in [1.29, 1.82) is 0 Å². The molecule has 1 aliphatic heterocycles. The molecular formula is C11H14N2O3S. The van der Waals surface area contributed by atoms with Crippen molar-refractivity contribution in [2.75, 3.05) is 31.2 Å². The van der Waals surface area contributed by atoms with E-state index in [1.165, 1.54) is 0 Å². The Kier molecular flexibility index (Phi) is 2.76. The third-order valence-electron chi connectivity index (χ3n) is 3.05. The second kappa shape index (κ2) is 4.27. The van der Waals surface area contributed by atoms with Gasteiger partial charge in [-0.25, -0.2) is 9.78 Å². The summed E-state index contributed by atoms with van der Waals surface area (Å²) < 4.78 is 5.28. The average Bonchev–Trinajstić information content (AvgIpc) is 3.09. The van der Waals surface area contributed by atoms with Crippen molar-refractivity contribution < 1.29 is 14.6 Å². The maximum Gasteiger partial charge on any atom is 0.357 e. The zero-order valence-corrected chi connectivity index (χ0v) is 10.2. The lowest BCUT2D eigenvalue weighted by molar-refractivity contribution is 0.0690. The molecule has 2 fully saturated rings. The summed E-state index contributed by atoms with van der Waals surface area (Å²) in [6.07, 6.45) is 2.30.